The monoisotopic (exact) mass is 430 g/mol. The number of aromatic nitrogens is 1. The van der Waals surface area contributed by atoms with Crippen molar-refractivity contribution in [1.29, 1.82) is 0 Å². The number of piperazine rings is 1. The number of ether oxygens (including phenoxy) is 1. The summed E-state index contributed by atoms with van der Waals surface area (Å²) in [4.78, 5) is 20.0. The van der Waals surface area contributed by atoms with Crippen LogP contribution in [-0.2, 0) is 11.8 Å². The summed E-state index contributed by atoms with van der Waals surface area (Å²) >= 11 is 6.00. The molecule has 0 spiro atoms. The molecule has 3 heterocycles. The van der Waals surface area contributed by atoms with E-state index < -0.39 is 0 Å². The highest BCUT2D eigenvalue weighted by molar-refractivity contribution is 6.30. The van der Waals surface area contributed by atoms with Gasteiger partial charge in [0.1, 0.15) is 0 Å². The van der Waals surface area contributed by atoms with Gasteiger partial charge in [0.2, 0.25) is 0 Å². The molecule has 2 aliphatic rings. The first kappa shape index (κ1) is 21.2. The number of hydrogen-bond donors (Lipinski definition) is 0. The molecule has 1 atom stereocenters. The summed E-state index contributed by atoms with van der Waals surface area (Å²) in [5, 5.41) is 0.778. The number of halogens is 1. The van der Waals surface area contributed by atoms with Crippen LogP contribution in [0, 0.1) is 0 Å². The van der Waals surface area contributed by atoms with Crippen molar-refractivity contribution >= 4 is 23.2 Å². The number of anilines is 1. The zero-order chi connectivity index (χ0) is 21.1. The molecule has 2 aromatic rings. The summed E-state index contributed by atoms with van der Waals surface area (Å²) in [5.74, 6) is 0.137. The molecule has 0 radical (unpaired) electrons. The smallest absolute Gasteiger partial charge is 0.255 e. The van der Waals surface area contributed by atoms with E-state index in [1.54, 1.807) is 7.11 Å². The lowest BCUT2D eigenvalue weighted by Crippen LogP contribution is -2.47. The van der Waals surface area contributed by atoms with E-state index in [0.29, 0.717) is 0 Å². The van der Waals surface area contributed by atoms with Crippen LogP contribution in [-0.4, -0.2) is 73.2 Å². The van der Waals surface area contributed by atoms with E-state index >= 15 is 0 Å². The van der Waals surface area contributed by atoms with Crippen molar-refractivity contribution in [3.63, 3.8) is 0 Å². The lowest BCUT2D eigenvalue weighted by Gasteiger charge is -2.36. The van der Waals surface area contributed by atoms with E-state index in [9.17, 15) is 4.79 Å². The van der Waals surface area contributed by atoms with Crippen LogP contribution in [0.15, 0.2) is 36.5 Å². The third kappa shape index (κ3) is 4.51. The summed E-state index contributed by atoms with van der Waals surface area (Å²) in [6.45, 7) is 6.70. The molecule has 0 N–H and O–H groups in total. The second-order valence-corrected chi connectivity index (χ2v) is 8.63. The molecular weight excluding hydrogens is 400 g/mol. The standard InChI is InChI=1S/C23H31ClN4O2/c1-25-12-8-20-22(25)21(30-2)9-13-28(23(20)29)11-3-10-26-14-16-27(17-15-26)19-6-4-18(24)5-7-19/h4-8,12,21H,3,9-11,13-17H2,1-2H3. The number of methoxy groups -OCH3 is 1. The van der Waals surface area contributed by atoms with E-state index in [0.717, 1.165) is 74.9 Å². The van der Waals surface area contributed by atoms with E-state index in [1.165, 1.54) is 5.69 Å². The number of benzene rings is 1. The van der Waals surface area contributed by atoms with Crippen LogP contribution in [0.25, 0.3) is 0 Å². The normalized spacial score (nSPS) is 20.4. The van der Waals surface area contributed by atoms with Gasteiger partial charge < -0.3 is 19.1 Å². The fraction of sp³-hybridized carbons (Fsp3) is 0.522. The Hall–Kier alpha value is -2.02. The van der Waals surface area contributed by atoms with Crippen molar-refractivity contribution in [2.45, 2.75) is 18.9 Å². The summed E-state index contributed by atoms with van der Waals surface area (Å²) in [6.07, 6.45) is 3.77. The topological polar surface area (TPSA) is 41.0 Å². The molecule has 0 saturated carbocycles. The van der Waals surface area contributed by atoms with E-state index in [4.69, 9.17) is 16.3 Å². The van der Waals surface area contributed by atoms with Crippen LogP contribution < -0.4 is 4.90 Å². The molecule has 1 aromatic heterocycles. The summed E-state index contributed by atoms with van der Waals surface area (Å²) in [5.41, 5.74) is 3.03. The molecule has 1 saturated heterocycles. The second-order valence-electron chi connectivity index (χ2n) is 8.19. The third-order valence-corrected chi connectivity index (χ3v) is 6.61. The van der Waals surface area contributed by atoms with Gasteiger partial charge in [0.15, 0.2) is 0 Å². The third-order valence-electron chi connectivity index (χ3n) is 6.36. The Kier molecular flexibility index (Phi) is 6.66. The molecule has 0 bridgehead atoms. The Morgan fingerprint density at radius 2 is 1.77 bits per heavy atom. The molecule has 7 heteroatoms. The lowest BCUT2D eigenvalue weighted by molar-refractivity contribution is 0.0689. The minimum atomic E-state index is -0.0186. The highest BCUT2D eigenvalue weighted by Gasteiger charge is 2.30. The molecule has 162 valence electrons. The fourth-order valence-corrected chi connectivity index (χ4v) is 4.74. The molecule has 2 aliphatic heterocycles. The SMILES string of the molecule is COC1CCN(CCCN2CCN(c3ccc(Cl)cc3)CC2)C(=O)c2ccn(C)c21. The molecular formula is C23H31ClN4O2. The van der Waals surface area contributed by atoms with E-state index in [-0.39, 0.29) is 12.0 Å². The molecule has 4 rings (SSSR count). The number of hydrogen-bond acceptors (Lipinski definition) is 4. The predicted molar refractivity (Wildman–Crippen MR) is 120 cm³/mol. The Labute approximate surface area is 183 Å². The Morgan fingerprint density at radius 1 is 1.03 bits per heavy atom. The molecule has 1 unspecified atom stereocenters. The van der Waals surface area contributed by atoms with Crippen molar-refractivity contribution in [3.05, 3.63) is 52.8 Å². The first-order valence-electron chi connectivity index (χ1n) is 10.8. The first-order valence-corrected chi connectivity index (χ1v) is 11.1. The van der Waals surface area contributed by atoms with Crippen LogP contribution >= 0.6 is 11.6 Å². The van der Waals surface area contributed by atoms with Crippen molar-refractivity contribution in [3.8, 4) is 0 Å². The maximum Gasteiger partial charge on any atom is 0.255 e. The summed E-state index contributed by atoms with van der Waals surface area (Å²) in [7, 11) is 3.71. The zero-order valence-electron chi connectivity index (χ0n) is 17.9. The Morgan fingerprint density at radius 3 is 2.47 bits per heavy atom. The molecule has 6 nitrogen and oxygen atoms in total. The zero-order valence-corrected chi connectivity index (χ0v) is 18.6. The van der Waals surface area contributed by atoms with Gasteiger partial charge in [-0.3, -0.25) is 9.69 Å². The summed E-state index contributed by atoms with van der Waals surface area (Å²) < 4.78 is 7.69. The van der Waals surface area contributed by atoms with Gasteiger partial charge in [0.25, 0.3) is 5.91 Å². The van der Waals surface area contributed by atoms with Crippen LogP contribution in [0.3, 0.4) is 0 Å². The number of carbonyl (C=O) groups is 1. The number of aryl methyl sites for hydroxylation is 1. The van der Waals surface area contributed by atoms with Crippen molar-refractivity contribution in [1.82, 2.24) is 14.4 Å². The summed E-state index contributed by atoms with van der Waals surface area (Å²) in [6, 6.07) is 10.0. The largest absolute Gasteiger partial charge is 0.375 e. The molecule has 1 amide bonds. The molecule has 1 fully saturated rings. The highest BCUT2D eigenvalue weighted by Crippen LogP contribution is 2.29. The minimum absolute atomic E-state index is 0.0186. The Bertz CT molecular complexity index is 859. The fourth-order valence-electron chi connectivity index (χ4n) is 4.61. The van der Waals surface area contributed by atoms with E-state index in [1.807, 2.05) is 40.9 Å². The maximum absolute atomic E-state index is 13.0. The predicted octanol–water partition coefficient (Wildman–Crippen LogP) is 3.42. The molecule has 0 aliphatic carbocycles. The van der Waals surface area contributed by atoms with Gasteiger partial charge in [0, 0.05) is 70.3 Å². The maximum atomic E-state index is 13.0. The lowest BCUT2D eigenvalue weighted by atomic mass is 10.1. The van der Waals surface area contributed by atoms with Crippen LogP contribution in [0.4, 0.5) is 5.69 Å². The van der Waals surface area contributed by atoms with Gasteiger partial charge in [-0.1, -0.05) is 11.6 Å². The van der Waals surface area contributed by atoms with Gasteiger partial charge in [-0.25, -0.2) is 0 Å². The first-order chi connectivity index (χ1) is 14.6. The average molecular weight is 431 g/mol. The van der Waals surface area contributed by atoms with E-state index in [2.05, 4.69) is 21.9 Å². The Balaban J connectivity index is 1.27. The van der Waals surface area contributed by atoms with Crippen molar-refractivity contribution in [2.75, 3.05) is 57.8 Å². The van der Waals surface area contributed by atoms with Crippen molar-refractivity contribution in [2.24, 2.45) is 7.05 Å². The number of amides is 1. The van der Waals surface area contributed by atoms with Crippen molar-refractivity contribution < 1.29 is 9.53 Å². The highest BCUT2D eigenvalue weighted by atomic mass is 35.5. The van der Waals surface area contributed by atoms with Gasteiger partial charge in [-0.15, -0.1) is 0 Å². The number of nitrogens with zero attached hydrogens (tertiary/aromatic N) is 4. The number of fused-ring (bicyclic) bond motifs is 1. The minimum Gasteiger partial charge on any atom is -0.375 e. The van der Waals surface area contributed by atoms with Gasteiger partial charge in [-0.05, 0) is 49.7 Å². The second kappa shape index (κ2) is 9.41. The molecule has 30 heavy (non-hydrogen) atoms. The van der Waals surface area contributed by atoms with Gasteiger partial charge in [-0.2, -0.15) is 0 Å². The molecule has 1 aromatic carbocycles. The van der Waals surface area contributed by atoms with Crippen LogP contribution in [0.5, 0.6) is 0 Å². The van der Waals surface area contributed by atoms with Gasteiger partial charge in [0.05, 0.1) is 17.4 Å². The van der Waals surface area contributed by atoms with Crippen LogP contribution in [0.1, 0.15) is 35.0 Å². The quantitative estimate of drug-likeness (QED) is 0.704. The average Bonchev–Trinajstić information content (AvgIpc) is 3.08. The number of carbonyl (C=O) groups excluding carboxylic acids is 1. The van der Waals surface area contributed by atoms with Crippen LogP contribution in [0.2, 0.25) is 5.02 Å². The number of rotatable bonds is 6. The van der Waals surface area contributed by atoms with Gasteiger partial charge >= 0.3 is 0 Å².